The zero-order chi connectivity index (χ0) is 14.3. The molecule has 1 rings (SSSR count). The zero-order valence-corrected chi connectivity index (χ0v) is 10.8. The minimum absolute atomic E-state index is 0.0376. The molecule has 1 aliphatic heterocycles. The summed E-state index contributed by atoms with van der Waals surface area (Å²) >= 11 is 0. The van der Waals surface area contributed by atoms with Crippen molar-refractivity contribution in [2.24, 2.45) is 10.2 Å². The Morgan fingerprint density at radius 3 is 2.89 bits per heavy atom. The van der Waals surface area contributed by atoms with Gasteiger partial charge in [-0.15, -0.1) is 5.48 Å². The molecule has 0 aromatic rings. The predicted octanol–water partition coefficient (Wildman–Crippen LogP) is 1.03. The van der Waals surface area contributed by atoms with Crippen molar-refractivity contribution in [3.63, 3.8) is 0 Å². The van der Waals surface area contributed by atoms with E-state index in [0.717, 1.165) is 11.8 Å². The Kier molecular flexibility index (Phi) is 5.19. The van der Waals surface area contributed by atoms with Gasteiger partial charge in [0.15, 0.2) is 5.66 Å². The standard InChI is InChI=1S/C11H16N4O4/c1-4-9(16)18-6-5-12-10(17)19-15-11(3)7-8(2)13-14-11/h4,7,15H,1,5-6H2,2-3H3,(H,12,17). The lowest BCUT2D eigenvalue weighted by atomic mass is 10.2. The summed E-state index contributed by atoms with van der Waals surface area (Å²) in [6, 6.07) is 0. The number of carbonyl (C=O) groups is 2. The van der Waals surface area contributed by atoms with Crippen molar-refractivity contribution in [3.8, 4) is 0 Å². The summed E-state index contributed by atoms with van der Waals surface area (Å²) in [5, 5.41) is 10.1. The number of nitrogens with one attached hydrogen (secondary N) is 2. The summed E-state index contributed by atoms with van der Waals surface area (Å²) in [5.74, 6) is -0.548. The molecule has 1 heterocycles. The summed E-state index contributed by atoms with van der Waals surface area (Å²) in [4.78, 5) is 26.7. The molecule has 1 aliphatic rings. The highest BCUT2D eigenvalue weighted by Gasteiger charge is 2.26. The molecule has 1 atom stereocenters. The highest BCUT2D eigenvalue weighted by Crippen LogP contribution is 2.20. The number of hydroxylamine groups is 1. The topological polar surface area (TPSA) is 101 Å². The van der Waals surface area contributed by atoms with Crippen molar-refractivity contribution in [2.45, 2.75) is 19.5 Å². The van der Waals surface area contributed by atoms with Crippen LogP contribution in [0.5, 0.6) is 0 Å². The molecule has 0 spiro atoms. The van der Waals surface area contributed by atoms with E-state index >= 15 is 0 Å². The van der Waals surface area contributed by atoms with Crippen molar-refractivity contribution in [1.29, 1.82) is 0 Å². The Hall–Kier alpha value is -2.22. The van der Waals surface area contributed by atoms with Crippen molar-refractivity contribution < 1.29 is 19.2 Å². The van der Waals surface area contributed by atoms with E-state index < -0.39 is 17.7 Å². The van der Waals surface area contributed by atoms with E-state index in [2.05, 4.69) is 32.3 Å². The monoisotopic (exact) mass is 268 g/mol. The van der Waals surface area contributed by atoms with Gasteiger partial charge in [0, 0.05) is 6.08 Å². The SMILES string of the molecule is C=CC(=O)OCCNC(=O)ONC1(C)C=C(C)N=N1. The smallest absolute Gasteiger partial charge is 0.426 e. The van der Waals surface area contributed by atoms with E-state index in [9.17, 15) is 9.59 Å². The largest absolute Gasteiger partial charge is 0.461 e. The minimum atomic E-state index is -0.850. The molecule has 0 radical (unpaired) electrons. The van der Waals surface area contributed by atoms with Crippen molar-refractivity contribution >= 4 is 12.1 Å². The fourth-order valence-electron chi connectivity index (χ4n) is 1.25. The van der Waals surface area contributed by atoms with Gasteiger partial charge in [0.1, 0.15) is 6.61 Å². The Morgan fingerprint density at radius 2 is 2.32 bits per heavy atom. The molecule has 104 valence electrons. The molecular weight excluding hydrogens is 252 g/mol. The van der Waals surface area contributed by atoms with E-state index in [1.807, 2.05) is 0 Å². The van der Waals surface area contributed by atoms with E-state index in [-0.39, 0.29) is 13.2 Å². The third-order valence-corrected chi connectivity index (χ3v) is 2.04. The van der Waals surface area contributed by atoms with Crippen LogP contribution in [0.1, 0.15) is 13.8 Å². The number of amides is 1. The van der Waals surface area contributed by atoms with Gasteiger partial charge in [0.2, 0.25) is 0 Å². The van der Waals surface area contributed by atoms with Crippen LogP contribution >= 0.6 is 0 Å². The molecule has 1 amide bonds. The Labute approximate surface area is 110 Å². The molecular formula is C11H16N4O4. The molecule has 2 N–H and O–H groups in total. The number of azo groups is 1. The first kappa shape index (κ1) is 14.8. The van der Waals surface area contributed by atoms with Crippen LogP contribution in [0.25, 0.3) is 0 Å². The number of allylic oxidation sites excluding steroid dienone is 1. The highest BCUT2D eigenvalue weighted by atomic mass is 16.7. The number of nitrogens with zero attached hydrogens (tertiary/aromatic N) is 2. The number of carbonyl (C=O) groups excluding carboxylic acids is 2. The molecule has 0 saturated heterocycles. The first-order valence-corrected chi connectivity index (χ1v) is 5.58. The van der Waals surface area contributed by atoms with E-state index in [0.29, 0.717) is 0 Å². The van der Waals surface area contributed by atoms with Crippen LogP contribution in [0.15, 0.2) is 34.7 Å². The quantitative estimate of drug-likeness (QED) is 0.324. The van der Waals surface area contributed by atoms with Gasteiger partial charge < -0.3 is 14.9 Å². The number of rotatable bonds is 6. The van der Waals surface area contributed by atoms with Crippen LogP contribution in [0.4, 0.5) is 4.79 Å². The second-order valence-corrected chi connectivity index (χ2v) is 3.92. The second-order valence-electron chi connectivity index (χ2n) is 3.92. The second kappa shape index (κ2) is 6.64. The van der Waals surface area contributed by atoms with Crippen molar-refractivity contribution in [1.82, 2.24) is 10.8 Å². The van der Waals surface area contributed by atoms with Crippen LogP contribution in [0.3, 0.4) is 0 Å². The van der Waals surface area contributed by atoms with Crippen molar-refractivity contribution in [2.75, 3.05) is 13.2 Å². The van der Waals surface area contributed by atoms with Crippen LogP contribution in [0.2, 0.25) is 0 Å². The number of hydrogen-bond acceptors (Lipinski definition) is 7. The van der Waals surface area contributed by atoms with Gasteiger partial charge in [-0.1, -0.05) is 6.58 Å². The molecule has 0 saturated carbocycles. The van der Waals surface area contributed by atoms with Gasteiger partial charge in [-0.05, 0) is 19.9 Å². The lowest BCUT2D eigenvalue weighted by Crippen LogP contribution is -2.42. The number of hydrogen-bond donors (Lipinski definition) is 2. The molecule has 8 heteroatoms. The van der Waals surface area contributed by atoms with Crippen LogP contribution in [-0.2, 0) is 14.4 Å². The minimum Gasteiger partial charge on any atom is -0.461 e. The molecule has 0 aliphatic carbocycles. The van der Waals surface area contributed by atoms with E-state index in [1.54, 1.807) is 19.9 Å². The zero-order valence-electron chi connectivity index (χ0n) is 10.8. The lowest BCUT2D eigenvalue weighted by molar-refractivity contribution is -0.137. The molecule has 0 bridgehead atoms. The van der Waals surface area contributed by atoms with Gasteiger partial charge in [-0.25, -0.2) is 9.59 Å². The highest BCUT2D eigenvalue weighted by molar-refractivity contribution is 5.81. The number of esters is 1. The predicted molar refractivity (Wildman–Crippen MR) is 65.8 cm³/mol. The summed E-state index contributed by atoms with van der Waals surface area (Å²) < 4.78 is 4.66. The maximum Gasteiger partial charge on any atom is 0.426 e. The fourth-order valence-corrected chi connectivity index (χ4v) is 1.25. The third kappa shape index (κ3) is 5.30. The van der Waals surface area contributed by atoms with Gasteiger partial charge in [0.05, 0.1) is 12.2 Å². The molecule has 19 heavy (non-hydrogen) atoms. The van der Waals surface area contributed by atoms with Gasteiger partial charge in [0.25, 0.3) is 0 Å². The third-order valence-electron chi connectivity index (χ3n) is 2.04. The van der Waals surface area contributed by atoms with Crippen molar-refractivity contribution in [3.05, 3.63) is 24.4 Å². The average molecular weight is 268 g/mol. The maximum atomic E-state index is 11.3. The van der Waals surface area contributed by atoms with E-state index in [4.69, 9.17) is 4.84 Å². The van der Waals surface area contributed by atoms with Crippen LogP contribution < -0.4 is 10.8 Å². The molecule has 0 aromatic carbocycles. The van der Waals surface area contributed by atoms with Crippen LogP contribution in [-0.4, -0.2) is 30.9 Å². The van der Waals surface area contributed by atoms with Crippen LogP contribution in [0, 0.1) is 0 Å². The first-order chi connectivity index (χ1) is 8.95. The van der Waals surface area contributed by atoms with Gasteiger partial charge >= 0.3 is 12.1 Å². The molecule has 8 nitrogen and oxygen atoms in total. The Bertz CT molecular complexity index is 432. The average Bonchev–Trinajstić information content (AvgIpc) is 2.72. The Morgan fingerprint density at radius 1 is 1.58 bits per heavy atom. The van der Waals surface area contributed by atoms with E-state index in [1.165, 1.54) is 0 Å². The summed E-state index contributed by atoms with van der Waals surface area (Å²) in [6.45, 7) is 6.89. The molecule has 0 aromatic heterocycles. The maximum absolute atomic E-state index is 11.3. The summed E-state index contributed by atoms with van der Waals surface area (Å²) in [6.07, 6.45) is 2.05. The first-order valence-electron chi connectivity index (χ1n) is 5.58. The lowest BCUT2D eigenvalue weighted by Gasteiger charge is -2.17. The number of ether oxygens (including phenoxy) is 1. The summed E-state index contributed by atoms with van der Waals surface area (Å²) in [5.41, 5.74) is 2.36. The fraction of sp³-hybridized carbons (Fsp3) is 0.455. The van der Waals surface area contributed by atoms with Gasteiger partial charge in [-0.2, -0.15) is 10.2 Å². The normalized spacial score (nSPS) is 20.6. The summed E-state index contributed by atoms with van der Waals surface area (Å²) in [7, 11) is 0. The Balaban J connectivity index is 2.17. The molecule has 0 fully saturated rings. The molecule has 1 unspecified atom stereocenters. The van der Waals surface area contributed by atoms with Gasteiger partial charge in [-0.3, -0.25) is 0 Å².